The lowest BCUT2D eigenvalue weighted by Gasteiger charge is -2.12. The highest BCUT2D eigenvalue weighted by atomic mass is 28.3. The third-order valence-corrected chi connectivity index (χ3v) is 5.82. The number of benzene rings is 1. The molecule has 1 radical (unpaired) electrons. The van der Waals surface area contributed by atoms with Crippen LogP contribution in [-0.4, -0.2) is 8.80 Å². The highest BCUT2D eigenvalue weighted by Crippen LogP contribution is 2.19. The minimum absolute atomic E-state index is 0.0300. The van der Waals surface area contributed by atoms with Gasteiger partial charge in [0.15, 0.2) is 0 Å². The van der Waals surface area contributed by atoms with Crippen LogP contribution in [0.1, 0.15) is 56.9 Å². The summed E-state index contributed by atoms with van der Waals surface area (Å²) in [6.45, 7) is 8.87. The molecule has 0 amide bonds. The van der Waals surface area contributed by atoms with Gasteiger partial charge < -0.3 is 0 Å². The molecule has 0 nitrogen and oxygen atoms in total. The second kappa shape index (κ2) is 12.7. The number of hydrogen-bond acceptors (Lipinski definition) is 0. The molecule has 0 fully saturated rings. The first kappa shape index (κ1) is 19.2. The summed E-state index contributed by atoms with van der Waals surface area (Å²) in [4.78, 5) is 0. The Labute approximate surface area is 140 Å². The van der Waals surface area contributed by atoms with Crippen LogP contribution in [0.25, 0.3) is 0 Å². The molecule has 123 valence electrons. The van der Waals surface area contributed by atoms with Crippen LogP contribution in [-0.2, 0) is 6.42 Å². The minimum atomic E-state index is -0.0300. The molecule has 1 atom stereocenters. The van der Waals surface area contributed by atoms with Crippen molar-refractivity contribution in [2.45, 2.75) is 76.9 Å². The topological polar surface area (TPSA) is 0 Å². The third kappa shape index (κ3) is 10.00. The Morgan fingerprint density at radius 3 is 2.23 bits per heavy atom. The van der Waals surface area contributed by atoms with Crippen molar-refractivity contribution in [3.8, 4) is 0 Å². The maximum atomic E-state index is 4.03. The van der Waals surface area contributed by atoms with Crippen molar-refractivity contribution < 1.29 is 0 Å². The van der Waals surface area contributed by atoms with E-state index in [4.69, 9.17) is 0 Å². The predicted octanol–water partition coefficient (Wildman–Crippen LogP) is 6.91. The molecule has 0 aliphatic heterocycles. The zero-order valence-electron chi connectivity index (χ0n) is 14.8. The van der Waals surface area contributed by atoms with Gasteiger partial charge in [0, 0.05) is 8.80 Å². The molecule has 1 aromatic carbocycles. The van der Waals surface area contributed by atoms with E-state index < -0.39 is 0 Å². The number of aryl methyl sites for hydroxylation is 1. The standard InChI is InChI=1S/C21H35Si/c1-4-20(18-13-19-22(2)3)14-9-6-5-7-10-15-21-16-11-8-12-17-21/h4,8,11-12,16-17,20H,1,5-7,9-10,13-15,18-19H2,2-3H3. The molecule has 1 aromatic rings. The minimum Gasteiger partial charge on any atom is -0.103 e. The fourth-order valence-electron chi connectivity index (χ4n) is 3.01. The lowest BCUT2D eigenvalue weighted by molar-refractivity contribution is 0.490. The molecular weight excluding hydrogens is 280 g/mol. The Balaban J connectivity index is 1.96. The molecule has 0 bridgehead atoms. The van der Waals surface area contributed by atoms with E-state index in [1.54, 1.807) is 0 Å². The number of rotatable bonds is 13. The summed E-state index contributed by atoms with van der Waals surface area (Å²) in [5.74, 6) is 0.769. The fourth-order valence-corrected chi connectivity index (χ4v) is 3.92. The molecule has 0 saturated heterocycles. The Hall–Kier alpha value is -0.823. The summed E-state index contributed by atoms with van der Waals surface area (Å²) >= 11 is 0. The van der Waals surface area contributed by atoms with Gasteiger partial charge in [-0.05, 0) is 37.2 Å². The van der Waals surface area contributed by atoms with Crippen molar-refractivity contribution in [1.29, 1.82) is 0 Å². The molecule has 0 aliphatic carbocycles. The van der Waals surface area contributed by atoms with E-state index in [0.717, 1.165) is 5.92 Å². The fraction of sp³-hybridized carbons (Fsp3) is 0.619. The molecule has 1 rings (SSSR count). The van der Waals surface area contributed by atoms with Crippen LogP contribution in [0.5, 0.6) is 0 Å². The molecule has 1 unspecified atom stereocenters. The highest BCUT2D eigenvalue weighted by Gasteiger charge is 2.05. The van der Waals surface area contributed by atoms with Gasteiger partial charge in [0.2, 0.25) is 0 Å². The predicted molar refractivity (Wildman–Crippen MR) is 103 cm³/mol. The van der Waals surface area contributed by atoms with Crippen LogP contribution in [0.2, 0.25) is 19.1 Å². The van der Waals surface area contributed by atoms with E-state index in [-0.39, 0.29) is 8.80 Å². The van der Waals surface area contributed by atoms with Gasteiger partial charge in [-0.15, -0.1) is 6.58 Å². The smallest absolute Gasteiger partial charge is 0.0412 e. The van der Waals surface area contributed by atoms with Gasteiger partial charge in [-0.25, -0.2) is 0 Å². The average Bonchev–Trinajstić information content (AvgIpc) is 2.53. The maximum absolute atomic E-state index is 4.03. The van der Waals surface area contributed by atoms with E-state index in [9.17, 15) is 0 Å². The SMILES string of the molecule is C=CC(CCCCCCCc1ccccc1)CCC[Si](C)C. The zero-order chi connectivity index (χ0) is 16.0. The van der Waals surface area contributed by atoms with Crippen molar-refractivity contribution in [3.63, 3.8) is 0 Å². The van der Waals surface area contributed by atoms with Crippen LogP contribution < -0.4 is 0 Å². The quantitative estimate of drug-likeness (QED) is 0.211. The lowest BCUT2D eigenvalue weighted by Crippen LogP contribution is -2.02. The molecule has 0 saturated carbocycles. The Kier molecular flexibility index (Phi) is 11.1. The van der Waals surface area contributed by atoms with Crippen LogP contribution >= 0.6 is 0 Å². The summed E-state index contributed by atoms with van der Waals surface area (Å²) in [5.41, 5.74) is 1.49. The second-order valence-electron chi connectivity index (χ2n) is 6.89. The van der Waals surface area contributed by atoms with Gasteiger partial charge >= 0.3 is 0 Å². The van der Waals surface area contributed by atoms with Gasteiger partial charge in [-0.3, -0.25) is 0 Å². The van der Waals surface area contributed by atoms with E-state index >= 15 is 0 Å². The van der Waals surface area contributed by atoms with Crippen molar-refractivity contribution in [1.82, 2.24) is 0 Å². The monoisotopic (exact) mass is 315 g/mol. The number of hydrogen-bond donors (Lipinski definition) is 0. The Morgan fingerprint density at radius 2 is 1.55 bits per heavy atom. The van der Waals surface area contributed by atoms with Crippen LogP contribution in [0.4, 0.5) is 0 Å². The summed E-state index contributed by atoms with van der Waals surface area (Å²) in [5, 5.41) is 0. The normalized spacial score (nSPS) is 12.5. The van der Waals surface area contributed by atoms with Crippen LogP contribution in [0.3, 0.4) is 0 Å². The van der Waals surface area contributed by atoms with Crippen molar-refractivity contribution >= 4 is 8.80 Å². The molecule has 0 aliphatic rings. The van der Waals surface area contributed by atoms with E-state index in [1.165, 1.54) is 69.4 Å². The Bertz CT molecular complexity index is 369. The summed E-state index contributed by atoms with van der Waals surface area (Å²) in [6.07, 6.45) is 14.5. The summed E-state index contributed by atoms with van der Waals surface area (Å²) < 4.78 is 0. The highest BCUT2D eigenvalue weighted by molar-refractivity contribution is 6.55. The van der Waals surface area contributed by atoms with Gasteiger partial charge in [0.25, 0.3) is 0 Å². The lowest BCUT2D eigenvalue weighted by atomic mass is 9.96. The first-order valence-electron chi connectivity index (χ1n) is 9.18. The number of allylic oxidation sites excluding steroid dienone is 1. The second-order valence-corrected chi connectivity index (χ2v) is 9.80. The molecule has 0 aromatic heterocycles. The first-order chi connectivity index (χ1) is 10.7. The molecule has 0 N–H and O–H groups in total. The molecular formula is C21H35Si. The van der Waals surface area contributed by atoms with Crippen LogP contribution in [0, 0.1) is 5.92 Å². The van der Waals surface area contributed by atoms with Crippen LogP contribution in [0.15, 0.2) is 43.0 Å². The molecule has 0 heterocycles. The Morgan fingerprint density at radius 1 is 0.909 bits per heavy atom. The first-order valence-corrected chi connectivity index (χ1v) is 11.9. The zero-order valence-corrected chi connectivity index (χ0v) is 15.8. The molecule has 1 heteroatoms. The summed E-state index contributed by atoms with van der Waals surface area (Å²) in [6, 6.07) is 12.3. The van der Waals surface area contributed by atoms with E-state index in [1.807, 2.05) is 0 Å². The van der Waals surface area contributed by atoms with Gasteiger partial charge in [-0.2, -0.15) is 0 Å². The number of unbranched alkanes of at least 4 members (excludes halogenated alkanes) is 4. The largest absolute Gasteiger partial charge is 0.103 e. The van der Waals surface area contributed by atoms with Gasteiger partial charge in [0.05, 0.1) is 0 Å². The van der Waals surface area contributed by atoms with Gasteiger partial charge in [-0.1, -0.05) is 87.7 Å². The van der Waals surface area contributed by atoms with E-state index in [2.05, 4.69) is 56.1 Å². The molecule has 0 spiro atoms. The van der Waals surface area contributed by atoms with E-state index in [0.29, 0.717) is 0 Å². The van der Waals surface area contributed by atoms with Crippen molar-refractivity contribution in [2.75, 3.05) is 0 Å². The summed E-state index contributed by atoms with van der Waals surface area (Å²) in [7, 11) is -0.0300. The van der Waals surface area contributed by atoms with Gasteiger partial charge in [0.1, 0.15) is 0 Å². The maximum Gasteiger partial charge on any atom is 0.0412 e. The van der Waals surface area contributed by atoms with Crippen molar-refractivity contribution in [3.05, 3.63) is 48.6 Å². The average molecular weight is 316 g/mol. The molecule has 22 heavy (non-hydrogen) atoms. The third-order valence-electron chi connectivity index (χ3n) is 4.47. The van der Waals surface area contributed by atoms with Crippen molar-refractivity contribution in [2.24, 2.45) is 5.92 Å².